The predicted octanol–water partition coefficient (Wildman–Crippen LogP) is 0.999. The summed E-state index contributed by atoms with van der Waals surface area (Å²) in [6, 6.07) is 1.67. The third kappa shape index (κ3) is 3.17. The molecule has 1 N–H and O–H groups in total. The van der Waals surface area contributed by atoms with E-state index in [1.165, 1.54) is 13.3 Å². The number of nitrogens with one attached hydrogen (secondary N) is 1. The normalized spacial score (nSPS) is 16.5. The van der Waals surface area contributed by atoms with E-state index < -0.39 is 5.97 Å². The average Bonchev–Trinajstić information content (AvgIpc) is 2.39. The van der Waals surface area contributed by atoms with E-state index >= 15 is 0 Å². The second kappa shape index (κ2) is 5.63. The highest BCUT2D eigenvalue weighted by molar-refractivity contribution is 5.89. The predicted molar refractivity (Wildman–Crippen MR) is 62.1 cm³/mol. The van der Waals surface area contributed by atoms with Crippen molar-refractivity contribution >= 4 is 5.97 Å². The fraction of sp³-hybridized carbons (Fsp3) is 0.500. The minimum Gasteiger partial charge on any atom is -0.489 e. The SMILES string of the molecule is COC(=O)c1cncc(OC2CCNCC2)c1. The van der Waals surface area contributed by atoms with E-state index in [-0.39, 0.29) is 6.10 Å². The monoisotopic (exact) mass is 236 g/mol. The Balaban J connectivity index is 2.02. The summed E-state index contributed by atoms with van der Waals surface area (Å²) in [5.41, 5.74) is 0.416. The molecule has 1 aromatic rings. The van der Waals surface area contributed by atoms with Gasteiger partial charge in [-0.15, -0.1) is 0 Å². The molecule has 0 radical (unpaired) electrons. The number of pyridine rings is 1. The van der Waals surface area contributed by atoms with Gasteiger partial charge in [-0.25, -0.2) is 4.79 Å². The lowest BCUT2D eigenvalue weighted by Gasteiger charge is -2.23. The quantitative estimate of drug-likeness (QED) is 0.793. The largest absolute Gasteiger partial charge is 0.489 e. The van der Waals surface area contributed by atoms with E-state index in [1.807, 2.05) is 0 Å². The molecule has 5 nitrogen and oxygen atoms in total. The van der Waals surface area contributed by atoms with Crippen molar-refractivity contribution in [1.82, 2.24) is 10.3 Å². The van der Waals surface area contributed by atoms with Gasteiger partial charge in [0.2, 0.25) is 0 Å². The Kier molecular flexibility index (Phi) is 3.93. The number of piperidine rings is 1. The summed E-state index contributed by atoms with van der Waals surface area (Å²) in [6.45, 7) is 1.93. The summed E-state index contributed by atoms with van der Waals surface area (Å²) in [6.07, 6.45) is 5.24. The molecular weight excluding hydrogens is 220 g/mol. The molecule has 0 atom stereocenters. The maximum absolute atomic E-state index is 11.3. The van der Waals surface area contributed by atoms with Crippen molar-refractivity contribution < 1.29 is 14.3 Å². The molecule has 0 saturated carbocycles. The second-order valence-corrected chi connectivity index (χ2v) is 3.97. The molecule has 0 spiro atoms. The number of hydrogen-bond acceptors (Lipinski definition) is 5. The highest BCUT2D eigenvalue weighted by Gasteiger charge is 2.15. The van der Waals surface area contributed by atoms with Crippen molar-refractivity contribution in [2.75, 3.05) is 20.2 Å². The van der Waals surface area contributed by atoms with Gasteiger partial charge < -0.3 is 14.8 Å². The molecule has 0 unspecified atom stereocenters. The van der Waals surface area contributed by atoms with E-state index in [0.29, 0.717) is 11.3 Å². The van der Waals surface area contributed by atoms with Crippen LogP contribution in [0.3, 0.4) is 0 Å². The lowest BCUT2D eigenvalue weighted by molar-refractivity contribution is 0.0599. The van der Waals surface area contributed by atoms with Crippen LogP contribution in [0.5, 0.6) is 5.75 Å². The van der Waals surface area contributed by atoms with Crippen LogP contribution in [0.2, 0.25) is 0 Å². The Morgan fingerprint density at radius 3 is 2.88 bits per heavy atom. The number of ether oxygens (including phenoxy) is 2. The highest BCUT2D eigenvalue weighted by Crippen LogP contribution is 2.17. The molecule has 1 saturated heterocycles. The number of esters is 1. The molecule has 1 aliphatic rings. The molecule has 2 rings (SSSR count). The minimum atomic E-state index is -0.395. The van der Waals surface area contributed by atoms with Crippen molar-refractivity contribution in [2.24, 2.45) is 0 Å². The zero-order valence-electron chi connectivity index (χ0n) is 9.81. The van der Waals surface area contributed by atoms with E-state index in [4.69, 9.17) is 4.74 Å². The van der Waals surface area contributed by atoms with Crippen LogP contribution in [-0.2, 0) is 4.74 Å². The molecule has 2 heterocycles. The fourth-order valence-corrected chi connectivity index (χ4v) is 1.82. The van der Waals surface area contributed by atoms with Gasteiger partial charge in [0, 0.05) is 6.20 Å². The van der Waals surface area contributed by atoms with Crippen molar-refractivity contribution in [1.29, 1.82) is 0 Å². The lowest BCUT2D eigenvalue weighted by atomic mass is 10.1. The number of rotatable bonds is 3. The molecule has 5 heteroatoms. The zero-order chi connectivity index (χ0) is 12.1. The Labute approximate surface area is 100 Å². The first-order valence-electron chi connectivity index (χ1n) is 5.70. The van der Waals surface area contributed by atoms with Crippen LogP contribution in [0.4, 0.5) is 0 Å². The topological polar surface area (TPSA) is 60.5 Å². The van der Waals surface area contributed by atoms with Crippen molar-refractivity contribution in [3.8, 4) is 5.75 Å². The second-order valence-electron chi connectivity index (χ2n) is 3.97. The van der Waals surface area contributed by atoms with Crippen LogP contribution in [0.25, 0.3) is 0 Å². The van der Waals surface area contributed by atoms with E-state index in [0.717, 1.165) is 25.9 Å². The van der Waals surface area contributed by atoms with Crippen LogP contribution < -0.4 is 10.1 Å². The summed E-state index contributed by atoms with van der Waals surface area (Å²) < 4.78 is 10.4. The number of aromatic nitrogens is 1. The minimum absolute atomic E-state index is 0.200. The third-order valence-corrected chi connectivity index (χ3v) is 2.72. The molecule has 0 aliphatic carbocycles. The van der Waals surface area contributed by atoms with Crippen LogP contribution in [0.1, 0.15) is 23.2 Å². The van der Waals surface area contributed by atoms with Gasteiger partial charge in [0.25, 0.3) is 0 Å². The van der Waals surface area contributed by atoms with Gasteiger partial charge in [0.1, 0.15) is 11.9 Å². The Morgan fingerprint density at radius 2 is 2.18 bits per heavy atom. The summed E-state index contributed by atoms with van der Waals surface area (Å²) in [7, 11) is 1.35. The van der Waals surface area contributed by atoms with Gasteiger partial charge in [0.15, 0.2) is 0 Å². The van der Waals surface area contributed by atoms with Gasteiger partial charge in [-0.1, -0.05) is 0 Å². The summed E-state index contributed by atoms with van der Waals surface area (Å²) in [4.78, 5) is 15.3. The van der Waals surface area contributed by atoms with Gasteiger partial charge in [-0.2, -0.15) is 0 Å². The Bertz CT molecular complexity index is 389. The Morgan fingerprint density at radius 1 is 1.41 bits per heavy atom. The van der Waals surface area contributed by atoms with E-state index in [1.54, 1.807) is 12.3 Å². The maximum atomic E-state index is 11.3. The van der Waals surface area contributed by atoms with Crippen molar-refractivity contribution in [2.45, 2.75) is 18.9 Å². The summed E-state index contributed by atoms with van der Waals surface area (Å²) in [5.74, 6) is 0.230. The number of nitrogens with zero attached hydrogens (tertiary/aromatic N) is 1. The molecule has 92 valence electrons. The number of carbonyl (C=O) groups is 1. The first-order valence-corrected chi connectivity index (χ1v) is 5.70. The van der Waals surface area contributed by atoms with Crippen LogP contribution >= 0.6 is 0 Å². The van der Waals surface area contributed by atoms with Crippen molar-refractivity contribution in [3.63, 3.8) is 0 Å². The highest BCUT2D eigenvalue weighted by atomic mass is 16.5. The lowest BCUT2D eigenvalue weighted by Crippen LogP contribution is -2.34. The summed E-state index contributed by atoms with van der Waals surface area (Å²) in [5, 5.41) is 3.27. The first kappa shape index (κ1) is 11.9. The number of methoxy groups -OCH3 is 1. The van der Waals surface area contributed by atoms with Gasteiger partial charge in [-0.05, 0) is 32.0 Å². The summed E-state index contributed by atoms with van der Waals surface area (Å²) >= 11 is 0. The molecule has 1 aromatic heterocycles. The third-order valence-electron chi connectivity index (χ3n) is 2.72. The molecule has 0 amide bonds. The maximum Gasteiger partial charge on any atom is 0.339 e. The first-order chi connectivity index (χ1) is 8.29. The van der Waals surface area contributed by atoms with E-state index in [9.17, 15) is 4.79 Å². The Hall–Kier alpha value is -1.62. The molecule has 17 heavy (non-hydrogen) atoms. The molecule has 0 bridgehead atoms. The fourth-order valence-electron chi connectivity index (χ4n) is 1.82. The van der Waals surface area contributed by atoms with Crippen LogP contribution in [0, 0.1) is 0 Å². The van der Waals surface area contributed by atoms with Gasteiger partial charge in [-0.3, -0.25) is 4.98 Å². The average molecular weight is 236 g/mol. The standard InChI is InChI=1S/C12H16N2O3/c1-16-12(15)9-6-11(8-14-7-9)17-10-2-4-13-5-3-10/h6-8,10,13H,2-5H2,1H3. The molecule has 1 fully saturated rings. The molecule has 1 aliphatic heterocycles. The van der Waals surface area contributed by atoms with Gasteiger partial charge >= 0.3 is 5.97 Å². The smallest absolute Gasteiger partial charge is 0.339 e. The zero-order valence-corrected chi connectivity index (χ0v) is 9.81. The van der Waals surface area contributed by atoms with Gasteiger partial charge in [0.05, 0.1) is 18.9 Å². The van der Waals surface area contributed by atoms with E-state index in [2.05, 4.69) is 15.0 Å². The molecule has 0 aromatic carbocycles. The van der Waals surface area contributed by atoms with Crippen molar-refractivity contribution in [3.05, 3.63) is 24.0 Å². The number of hydrogen-bond donors (Lipinski definition) is 1. The van der Waals surface area contributed by atoms with Crippen LogP contribution in [-0.4, -0.2) is 37.3 Å². The number of carbonyl (C=O) groups excluding carboxylic acids is 1. The van der Waals surface area contributed by atoms with Crippen LogP contribution in [0.15, 0.2) is 18.5 Å². The molecular formula is C12H16N2O3.